The maximum Gasteiger partial charge on any atom is 0.431 e. The van der Waals surface area contributed by atoms with Gasteiger partial charge in [-0.15, -0.1) is 0 Å². The van der Waals surface area contributed by atoms with E-state index in [1.54, 1.807) is 4.99 Å². The van der Waals surface area contributed by atoms with Crippen molar-refractivity contribution in [2.45, 2.75) is 17.9 Å². The lowest BCUT2D eigenvalue weighted by Crippen LogP contribution is -2.49. The summed E-state index contributed by atoms with van der Waals surface area (Å²) in [6.45, 7) is 0. The molecule has 0 atom stereocenters. The van der Waals surface area contributed by atoms with Gasteiger partial charge in [-0.3, -0.25) is 0 Å². The summed E-state index contributed by atoms with van der Waals surface area (Å²) in [5, 5.41) is 0. The molecule has 12 heavy (non-hydrogen) atoms. The van der Waals surface area contributed by atoms with Gasteiger partial charge in [0.2, 0.25) is 5.97 Å². The molecular weight excluding hydrogens is 195 g/mol. The van der Waals surface area contributed by atoms with E-state index in [0.717, 1.165) is 0 Å². The Labute approximate surface area is 60.9 Å². The van der Waals surface area contributed by atoms with Gasteiger partial charge < -0.3 is 0 Å². The second-order valence-electron chi connectivity index (χ2n) is 2.11. The van der Waals surface area contributed by atoms with E-state index in [0.29, 0.717) is 0 Å². The standard InChI is InChI=1S/C4F7N/c5-1-2(12-1,3(6,7)8)4(9,10)11. The van der Waals surface area contributed by atoms with Crippen molar-refractivity contribution < 1.29 is 30.7 Å². The zero-order chi connectivity index (χ0) is 9.78. The Morgan fingerprint density at radius 2 is 1.17 bits per heavy atom. The van der Waals surface area contributed by atoms with Crippen molar-refractivity contribution in [2.75, 3.05) is 0 Å². The average molecular weight is 195 g/mol. The molecule has 0 spiro atoms. The molecule has 0 saturated heterocycles. The predicted octanol–water partition coefficient (Wildman–Crippen LogP) is 2.23. The summed E-state index contributed by atoms with van der Waals surface area (Å²) < 4.78 is 81.1. The van der Waals surface area contributed by atoms with Crippen molar-refractivity contribution in [1.82, 2.24) is 0 Å². The third-order valence-electron chi connectivity index (χ3n) is 1.33. The van der Waals surface area contributed by atoms with E-state index in [9.17, 15) is 30.7 Å². The van der Waals surface area contributed by atoms with Crippen LogP contribution in [0.2, 0.25) is 0 Å². The van der Waals surface area contributed by atoms with E-state index >= 15 is 0 Å². The van der Waals surface area contributed by atoms with Crippen LogP contribution >= 0.6 is 0 Å². The maximum atomic E-state index is 11.7. The lowest BCUT2D eigenvalue weighted by molar-refractivity contribution is -0.259. The summed E-state index contributed by atoms with van der Waals surface area (Å²) in [7, 11) is 0. The Hall–Kier alpha value is -0.820. The van der Waals surface area contributed by atoms with Gasteiger partial charge >= 0.3 is 17.9 Å². The molecule has 0 saturated carbocycles. The number of alkyl halides is 6. The van der Waals surface area contributed by atoms with Crippen molar-refractivity contribution in [3.05, 3.63) is 0 Å². The van der Waals surface area contributed by atoms with Gasteiger partial charge in [0, 0.05) is 0 Å². The minimum absolute atomic E-state index is 1.73. The summed E-state index contributed by atoms with van der Waals surface area (Å²) in [5.74, 6) is -2.43. The molecule has 0 amide bonds. The van der Waals surface area contributed by atoms with Gasteiger partial charge in [0.05, 0.1) is 0 Å². The second-order valence-corrected chi connectivity index (χ2v) is 2.11. The Bertz CT molecular complexity index is 219. The van der Waals surface area contributed by atoms with Crippen LogP contribution in [0.1, 0.15) is 0 Å². The van der Waals surface area contributed by atoms with Crippen LogP contribution in [0.3, 0.4) is 0 Å². The molecule has 0 N–H and O–H groups in total. The van der Waals surface area contributed by atoms with E-state index in [2.05, 4.69) is 0 Å². The lowest BCUT2D eigenvalue weighted by Gasteiger charge is -2.19. The molecule has 1 nitrogen and oxygen atoms in total. The molecule has 1 aliphatic rings. The number of hydrogen-bond acceptors (Lipinski definition) is 1. The molecule has 0 aromatic carbocycles. The number of nitrogens with zero attached hydrogens (tertiary/aromatic N) is 1. The van der Waals surface area contributed by atoms with Crippen LogP contribution < -0.4 is 0 Å². The third-order valence-corrected chi connectivity index (χ3v) is 1.33. The smallest absolute Gasteiger partial charge is 0.225 e. The number of rotatable bonds is 0. The second kappa shape index (κ2) is 1.91. The van der Waals surface area contributed by atoms with Crippen LogP contribution in [0.25, 0.3) is 0 Å². The fraction of sp³-hybridized carbons (Fsp3) is 0.750. The van der Waals surface area contributed by atoms with Crippen molar-refractivity contribution in [1.29, 1.82) is 0 Å². The Balaban J connectivity index is 2.98. The lowest BCUT2D eigenvalue weighted by atomic mass is 10.1. The molecule has 1 heterocycles. The van der Waals surface area contributed by atoms with Gasteiger partial charge in [0.15, 0.2) is 0 Å². The van der Waals surface area contributed by atoms with Gasteiger partial charge in [0.25, 0.3) is 0 Å². The SMILES string of the molecule is FC1=NC1(C(F)(F)F)C(F)(F)F. The van der Waals surface area contributed by atoms with E-state index < -0.39 is 23.9 Å². The van der Waals surface area contributed by atoms with E-state index in [1.807, 2.05) is 0 Å². The molecule has 0 unspecified atom stereocenters. The first kappa shape index (κ1) is 9.27. The van der Waals surface area contributed by atoms with Crippen molar-refractivity contribution in [3.63, 3.8) is 0 Å². The van der Waals surface area contributed by atoms with Gasteiger partial charge in [0.1, 0.15) is 0 Å². The molecular formula is C4F7N. The zero-order valence-corrected chi connectivity index (χ0v) is 5.09. The zero-order valence-electron chi connectivity index (χ0n) is 5.09. The number of hydrogen-bond donors (Lipinski definition) is 0. The summed E-state index contributed by atoms with van der Waals surface area (Å²) in [4.78, 5) is 1.73. The first-order valence-corrected chi connectivity index (χ1v) is 2.52. The van der Waals surface area contributed by atoms with Gasteiger partial charge in [-0.25, -0.2) is 4.99 Å². The summed E-state index contributed by atoms with van der Waals surface area (Å²) in [6, 6.07) is 0. The molecule has 0 aromatic rings. The molecule has 1 rings (SSSR count). The fourth-order valence-electron chi connectivity index (χ4n) is 0.641. The fourth-order valence-corrected chi connectivity index (χ4v) is 0.641. The molecule has 1 aliphatic heterocycles. The largest absolute Gasteiger partial charge is 0.431 e. The quantitative estimate of drug-likeness (QED) is 0.525. The predicted molar refractivity (Wildman–Crippen MR) is 23.4 cm³/mol. The average Bonchev–Trinajstić information content (AvgIpc) is 2.36. The van der Waals surface area contributed by atoms with E-state index in [-0.39, 0.29) is 0 Å². The summed E-state index contributed by atoms with van der Waals surface area (Å²) in [5.41, 5.74) is -4.54. The summed E-state index contributed by atoms with van der Waals surface area (Å²) in [6.07, 6.45) is -11.5. The first-order valence-electron chi connectivity index (χ1n) is 2.52. The third kappa shape index (κ3) is 0.896. The van der Waals surface area contributed by atoms with Gasteiger partial charge in [-0.05, 0) is 0 Å². The number of halogens is 7. The highest BCUT2D eigenvalue weighted by atomic mass is 19.4. The minimum Gasteiger partial charge on any atom is -0.225 e. The van der Waals surface area contributed by atoms with Crippen molar-refractivity contribution in [2.24, 2.45) is 4.99 Å². The molecule has 8 heteroatoms. The van der Waals surface area contributed by atoms with Crippen molar-refractivity contribution >= 4 is 5.97 Å². The van der Waals surface area contributed by atoms with E-state index in [1.165, 1.54) is 0 Å². The number of aliphatic imine (C=N–C) groups is 1. The molecule has 70 valence electrons. The van der Waals surface area contributed by atoms with Crippen LogP contribution in [0.5, 0.6) is 0 Å². The molecule has 0 fully saturated rings. The summed E-state index contributed by atoms with van der Waals surface area (Å²) >= 11 is 0. The van der Waals surface area contributed by atoms with Gasteiger partial charge in [-0.1, -0.05) is 0 Å². The molecule has 0 radical (unpaired) electrons. The van der Waals surface area contributed by atoms with Crippen LogP contribution in [0.4, 0.5) is 30.7 Å². The normalized spacial score (nSPS) is 22.1. The van der Waals surface area contributed by atoms with Crippen LogP contribution in [-0.4, -0.2) is 23.9 Å². The molecule has 0 aliphatic carbocycles. The topological polar surface area (TPSA) is 12.4 Å². The van der Waals surface area contributed by atoms with Crippen LogP contribution in [0.15, 0.2) is 4.99 Å². The van der Waals surface area contributed by atoms with Crippen LogP contribution in [-0.2, 0) is 0 Å². The highest BCUT2D eigenvalue weighted by Crippen LogP contribution is 2.54. The monoisotopic (exact) mass is 195 g/mol. The Kier molecular flexibility index (Phi) is 1.48. The van der Waals surface area contributed by atoms with E-state index in [4.69, 9.17) is 0 Å². The highest BCUT2D eigenvalue weighted by Gasteiger charge is 2.83. The molecule has 0 bridgehead atoms. The van der Waals surface area contributed by atoms with Gasteiger partial charge in [-0.2, -0.15) is 30.7 Å². The Morgan fingerprint density at radius 3 is 1.17 bits per heavy atom. The molecule has 0 aromatic heterocycles. The van der Waals surface area contributed by atoms with Crippen molar-refractivity contribution in [3.8, 4) is 0 Å². The highest BCUT2D eigenvalue weighted by molar-refractivity contribution is 6.00. The van der Waals surface area contributed by atoms with Crippen LogP contribution in [0, 0.1) is 0 Å². The first-order chi connectivity index (χ1) is 5.13. The Morgan fingerprint density at radius 1 is 0.917 bits per heavy atom. The maximum absolute atomic E-state index is 11.7. The minimum atomic E-state index is -5.74.